The second-order valence-corrected chi connectivity index (χ2v) is 5.33. The zero-order chi connectivity index (χ0) is 10.6. The van der Waals surface area contributed by atoms with Crippen molar-refractivity contribution < 1.29 is 0 Å². The highest BCUT2D eigenvalue weighted by Crippen LogP contribution is 2.40. The lowest BCUT2D eigenvalue weighted by Gasteiger charge is -2.39. The van der Waals surface area contributed by atoms with Crippen LogP contribution >= 0.6 is 0 Å². The summed E-state index contributed by atoms with van der Waals surface area (Å²) in [6.45, 7) is 13.4. The molecule has 1 heterocycles. The van der Waals surface area contributed by atoms with Crippen LogP contribution in [0.2, 0.25) is 0 Å². The maximum atomic E-state index is 4.04. The number of nitrogens with one attached hydrogen (secondary N) is 1. The van der Waals surface area contributed by atoms with Gasteiger partial charge >= 0.3 is 0 Å². The summed E-state index contributed by atoms with van der Waals surface area (Å²) in [6.07, 6.45) is 6.11. The molecule has 0 aromatic rings. The van der Waals surface area contributed by atoms with Gasteiger partial charge in [-0.2, -0.15) is 0 Å². The Morgan fingerprint density at radius 2 is 2.00 bits per heavy atom. The number of allylic oxidation sites excluding steroid dienone is 1. The Balaban J connectivity index is 2.61. The normalized spacial score (nSPS) is 23.4. The van der Waals surface area contributed by atoms with Gasteiger partial charge in [0.25, 0.3) is 0 Å². The minimum atomic E-state index is 0.357. The van der Waals surface area contributed by atoms with Gasteiger partial charge in [0.15, 0.2) is 0 Å². The monoisotopic (exact) mass is 195 g/mol. The van der Waals surface area contributed by atoms with Gasteiger partial charge in [-0.1, -0.05) is 26.8 Å². The predicted octanol–water partition coefficient (Wildman–Crippen LogP) is 3.22. The molecule has 0 aliphatic carbocycles. The summed E-state index contributed by atoms with van der Waals surface area (Å²) in [5, 5.41) is 3.43. The fourth-order valence-corrected chi connectivity index (χ4v) is 2.78. The third-order valence-corrected chi connectivity index (χ3v) is 3.59. The van der Waals surface area contributed by atoms with E-state index in [0.717, 1.165) is 11.8 Å². The van der Waals surface area contributed by atoms with Crippen LogP contribution in [-0.4, -0.2) is 13.1 Å². The summed E-state index contributed by atoms with van der Waals surface area (Å²) >= 11 is 0. The molecule has 1 N–H and O–H groups in total. The van der Waals surface area contributed by atoms with Gasteiger partial charge < -0.3 is 5.32 Å². The third-order valence-electron chi connectivity index (χ3n) is 3.59. The molecular weight excluding hydrogens is 170 g/mol. The first-order chi connectivity index (χ1) is 6.58. The molecule has 0 aromatic carbocycles. The lowest BCUT2D eigenvalue weighted by Crippen LogP contribution is -2.36. The Hall–Kier alpha value is -0.300. The number of rotatable bonds is 4. The molecule has 1 atom stereocenters. The van der Waals surface area contributed by atoms with E-state index in [-0.39, 0.29) is 0 Å². The molecule has 14 heavy (non-hydrogen) atoms. The number of hydrogen-bond acceptors (Lipinski definition) is 1. The van der Waals surface area contributed by atoms with E-state index in [0.29, 0.717) is 5.41 Å². The van der Waals surface area contributed by atoms with Crippen molar-refractivity contribution in [1.82, 2.24) is 5.32 Å². The van der Waals surface area contributed by atoms with Crippen LogP contribution in [0.25, 0.3) is 0 Å². The second kappa shape index (κ2) is 4.97. The molecule has 0 spiro atoms. The maximum absolute atomic E-state index is 4.04. The number of piperidine rings is 1. The topological polar surface area (TPSA) is 12.0 Å². The molecule has 1 unspecified atom stereocenters. The Labute approximate surface area is 89.0 Å². The summed E-state index contributed by atoms with van der Waals surface area (Å²) in [4.78, 5) is 0. The van der Waals surface area contributed by atoms with Crippen molar-refractivity contribution in [1.29, 1.82) is 0 Å². The first kappa shape index (κ1) is 11.8. The van der Waals surface area contributed by atoms with Crippen molar-refractivity contribution in [3.05, 3.63) is 12.7 Å². The highest BCUT2D eigenvalue weighted by Gasteiger charge is 2.32. The maximum Gasteiger partial charge on any atom is -0.00460 e. The van der Waals surface area contributed by atoms with E-state index in [9.17, 15) is 0 Å². The summed E-state index contributed by atoms with van der Waals surface area (Å²) in [5.41, 5.74) is 0.357. The summed E-state index contributed by atoms with van der Waals surface area (Å²) in [6, 6.07) is 0. The average Bonchev–Trinajstić information content (AvgIpc) is 2.18. The van der Waals surface area contributed by atoms with Crippen LogP contribution in [0.15, 0.2) is 12.7 Å². The molecule has 0 radical (unpaired) electrons. The van der Waals surface area contributed by atoms with E-state index in [2.05, 4.69) is 38.7 Å². The van der Waals surface area contributed by atoms with Crippen molar-refractivity contribution >= 4 is 0 Å². The lowest BCUT2D eigenvalue weighted by molar-refractivity contribution is 0.167. The summed E-state index contributed by atoms with van der Waals surface area (Å²) in [5.74, 6) is 1.61. The van der Waals surface area contributed by atoms with Crippen LogP contribution in [0.3, 0.4) is 0 Å². The summed E-state index contributed by atoms with van der Waals surface area (Å²) in [7, 11) is 0. The van der Waals surface area contributed by atoms with Crippen LogP contribution < -0.4 is 5.32 Å². The highest BCUT2D eigenvalue weighted by molar-refractivity contribution is 4.98. The minimum absolute atomic E-state index is 0.357. The van der Waals surface area contributed by atoms with Gasteiger partial charge in [0.05, 0.1) is 0 Å². The lowest BCUT2D eigenvalue weighted by atomic mass is 9.68. The van der Waals surface area contributed by atoms with Crippen LogP contribution in [0.4, 0.5) is 0 Å². The molecule has 1 rings (SSSR count). The van der Waals surface area contributed by atoms with Crippen LogP contribution in [0.1, 0.15) is 40.0 Å². The molecular formula is C13H25N. The molecule has 1 saturated heterocycles. The first-order valence-electron chi connectivity index (χ1n) is 5.93. The highest BCUT2D eigenvalue weighted by atomic mass is 14.9. The van der Waals surface area contributed by atoms with E-state index in [1.165, 1.54) is 32.4 Å². The molecule has 0 saturated carbocycles. The smallest absolute Gasteiger partial charge is 0.00460 e. The van der Waals surface area contributed by atoms with Crippen molar-refractivity contribution in [2.24, 2.45) is 17.3 Å². The van der Waals surface area contributed by atoms with Crippen molar-refractivity contribution in [3.8, 4) is 0 Å². The molecule has 0 aromatic heterocycles. The Morgan fingerprint density at radius 3 is 2.43 bits per heavy atom. The minimum Gasteiger partial charge on any atom is -0.317 e. The Kier molecular flexibility index (Phi) is 4.18. The number of hydrogen-bond donors (Lipinski definition) is 1. The molecule has 1 fully saturated rings. The Bertz CT molecular complexity index is 180. The zero-order valence-corrected chi connectivity index (χ0v) is 9.97. The molecule has 1 heteroatoms. The van der Waals surface area contributed by atoms with Gasteiger partial charge in [0.1, 0.15) is 0 Å². The second-order valence-electron chi connectivity index (χ2n) is 5.33. The molecule has 1 aliphatic heterocycles. The molecule has 1 nitrogen and oxygen atoms in total. The first-order valence-corrected chi connectivity index (χ1v) is 5.93. The molecule has 1 aliphatic rings. The van der Waals surface area contributed by atoms with Crippen LogP contribution in [-0.2, 0) is 0 Å². The van der Waals surface area contributed by atoms with Gasteiger partial charge in [-0.15, -0.1) is 6.58 Å². The SMILES string of the molecule is C=CC(C)(CC(C)C)C1CCNCC1. The summed E-state index contributed by atoms with van der Waals surface area (Å²) < 4.78 is 0. The van der Waals surface area contributed by atoms with Gasteiger partial charge in [0, 0.05) is 0 Å². The van der Waals surface area contributed by atoms with E-state index in [1.807, 2.05) is 0 Å². The van der Waals surface area contributed by atoms with Crippen LogP contribution in [0, 0.1) is 17.3 Å². The third kappa shape index (κ3) is 2.84. The average molecular weight is 195 g/mol. The molecule has 0 bridgehead atoms. The van der Waals surface area contributed by atoms with Gasteiger partial charge in [-0.25, -0.2) is 0 Å². The van der Waals surface area contributed by atoms with E-state index < -0.39 is 0 Å². The van der Waals surface area contributed by atoms with Crippen molar-refractivity contribution in [3.63, 3.8) is 0 Å². The largest absolute Gasteiger partial charge is 0.317 e. The Morgan fingerprint density at radius 1 is 1.43 bits per heavy atom. The van der Waals surface area contributed by atoms with E-state index in [1.54, 1.807) is 0 Å². The van der Waals surface area contributed by atoms with E-state index >= 15 is 0 Å². The fraction of sp³-hybridized carbons (Fsp3) is 0.846. The molecule has 0 amide bonds. The standard InChI is InChI=1S/C13H25N/c1-5-13(4,10-11(2)3)12-6-8-14-9-7-12/h5,11-12,14H,1,6-10H2,2-4H3. The quantitative estimate of drug-likeness (QED) is 0.679. The van der Waals surface area contributed by atoms with Gasteiger partial charge in [0.2, 0.25) is 0 Å². The van der Waals surface area contributed by atoms with Crippen molar-refractivity contribution in [2.75, 3.05) is 13.1 Å². The van der Waals surface area contributed by atoms with Gasteiger partial charge in [-0.05, 0) is 49.6 Å². The van der Waals surface area contributed by atoms with Crippen molar-refractivity contribution in [2.45, 2.75) is 40.0 Å². The van der Waals surface area contributed by atoms with Crippen LogP contribution in [0.5, 0.6) is 0 Å². The zero-order valence-electron chi connectivity index (χ0n) is 9.97. The fourth-order valence-electron chi connectivity index (χ4n) is 2.78. The molecule has 82 valence electrons. The van der Waals surface area contributed by atoms with Gasteiger partial charge in [-0.3, -0.25) is 0 Å². The van der Waals surface area contributed by atoms with E-state index in [4.69, 9.17) is 0 Å². The predicted molar refractivity (Wildman–Crippen MR) is 63.4 cm³/mol.